The second-order valence-corrected chi connectivity index (χ2v) is 2.99. The summed E-state index contributed by atoms with van der Waals surface area (Å²) in [6.07, 6.45) is 1.88. The number of hydrogen-bond donors (Lipinski definition) is 2. The largest absolute Gasteiger partial charge is 0.481 e. The van der Waals surface area contributed by atoms with E-state index in [4.69, 9.17) is 5.11 Å². The molecule has 5 heteroatoms. The first-order valence-corrected chi connectivity index (χ1v) is 3.88. The van der Waals surface area contributed by atoms with Crippen molar-refractivity contribution < 1.29 is 9.90 Å². The number of carbonyl (C=O) groups is 1. The van der Waals surface area contributed by atoms with Crippen LogP contribution in [-0.4, -0.2) is 26.5 Å². The molecule has 1 unspecified atom stereocenters. The van der Waals surface area contributed by atoms with Gasteiger partial charge in [0.2, 0.25) is 0 Å². The van der Waals surface area contributed by atoms with Crippen molar-refractivity contribution in [3.8, 4) is 0 Å². The summed E-state index contributed by atoms with van der Waals surface area (Å²) in [5.74, 6) is -0.702. The molecule has 0 aromatic carbocycles. The molecule has 1 aromatic rings. The molecule has 0 radical (unpaired) electrons. The van der Waals surface area contributed by atoms with E-state index in [9.17, 15) is 4.79 Å². The molecule has 64 valence electrons. The van der Waals surface area contributed by atoms with E-state index in [2.05, 4.69) is 15.4 Å². The first kappa shape index (κ1) is 7.27. The molecule has 0 aliphatic heterocycles. The third-order valence-corrected chi connectivity index (χ3v) is 2.19. The van der Waals surface area contributed by atoms with E-state index < -0.39 is 5.97 Å². The van der Waals surface area contributed by atoms with Gasteiger partial charge in [0.15, 0.2) is 0 Å². The number of carboxylic acids is 1. The minimum Gasteiger partial charge on any atom is -0.481 e. The number of H-pyrrole nitrogens is 1. The van der Waals surface area contributed by atoms with Crippen molar-refractivity contribution >= 4 is 5.97 Å². The number of nitrogens with one attached hydrogen (secondary N) is 1. The minimum absolute atomic E-state index is 0.0660. The van der Waals surface area contributed by atoms with Crippen LogP contribution in [0.2, 0.25) is 0 Å². The zero-order valence-corrected chi connectivity index (χ0v) is 6.45. The summed E-state index contributed by atoms with van der Waals surface area (Å²) in [7, 11) is 0. The number of aromatic nitrogens is 3. The number of rotatable bonds is 2. The molecular formula is C7H9N3O2. The summed E-state index contributed by atoms with van der Waals surface area (Å²) in [5, 5.41) is 18.9. The van der Waals surface area contributed by atoms with Crippen LogP contribution in [0.3, 0.4) is 0 Å². The lowest BCUT2D eigenvalue weighted by atomic mass is 10.0. The molecule has 0 fully saturated rings. The molecule has 0 spiro atoms. The van der Waals surface area contributed by atoms with Gasteiger partial charge in [-0.1, -0.05) is 0 Å². The highest BCUT2D eigenvalue weighted by molar-refractivity contribution is 5.68. The zero-order valence-electron chi connectivity index (χ0n) is 6.45. The van der Waals surface area contributed by atoms with Crippen LogP contribution in [0.25, 0.3) is 0 Å². The molecule has 5 nitrogen and oxygen atoms in total. The molecule has 1 aliphatic carbocycles. The number of hydrogen-bond acceptors (Lipinski definition) is 3. The van der Waals surface area contributed by atoms with Crippen molar-refractivity contribution in [1.82, 2.24) is 15.4 Å². The van der Waals surface area contributed by atoms with Gasteiger partial charge in [0, 0.05) is 5.92 Å². The minimum atomic E-state index is -0.768. The topological polar surface area (TPSA) is 78.9 Å². The number of nitrogens with zero attached hydrogens (tertiary/aromatic N) is 2. The molecule has 1 heterocycles. The number of aromatic amines is 1. The van der Waals surface area contributed by atoms with Crippen LogP contribution in [-0.2, 0) is 11.2 Å². The summed E-state index contributed by atoms with van der Waals surface area (Å²) in [5.41, 5.74) is 1.78. The maximum atomic E-state index is 10.4. The van der Waals surface area contributed by atoms with Crippen molar-refractivity contribution in [3.63, 3.8) is 0 Å². The Kier molecular flexibility index (Phi) is 1.56. The zero-order chi connectivity index (χ0) is 8.55. The van der Waals surface area contributed by atoms with Crippen LogP contribution in [0.1, 0.15) is 30.1 Å². The summed E-state index contributed by atoms with van der Waals surface area (Å²) < 4.78 is 0. The highest BCUT2D eigenvalue weighted by Crippen LogP contribution is 2.31. The molecule has 1 atom stereocenters. The van der Waals surface area contributed by atoms with Crippen molar-refractivity contribution in [2.45, 2.75) is 25.2 Å². The molecule has 0 bridgehead atoms. The smallest absolute Gasteiger partial charge is 0.304 e. The highest BCUT2D eigenvalue weighted by Gasteiger charge is 2.27. The molecule has 12 heavy (non-hydrogen) atoms. The Bertz CT molecular complexity index is 307. The quantitative estimate of drug-likeness (QED) is 0.664. The highest BCUT2D eigenvalue weighted by atomic mass is 16.4. The second-order valence-electron chi connectivity index (χ2n) is 2.99. The second kappa shape index (κ2) is 2.58. The maximum Gasteiger partial charge on any atom is 0.304 e. The fraction of sp³-hybridized carbons (Fsp3) is 0.571. The van der Waals surface area contributed by atoms with E-state index in [0.717, 1.165) is 24.2 Å². The Morgan fingerprint density at radius 1 is 1.67 bits per heavy atom. The maximum absolute atomic E-state index is 10.4. The number of aliphatic carboxylic acids is 1. The Morgan fingerprint density at radius 3 is 3.25 bits per heavy atom. The number of fused-ring (bicyclic) bond motifs is 1. The standard InChI is InChI=1S/C7H9N3O2/c11-6(12)3-4-1-2-5-7(4)9-10-8-5/h4H,1-3H2,(H,11,12)(H,8,9,10). The van der Waals surface area contributed by atoms with Gasteiger partial charge in [-0.2, -0.15) is 15.4 Å². The van der Waals surface area contributed by atoms with Gasteiger partial charge in [-0.15, -0.1) is 0 Å². The first-order chi connectivity index (χ1) is 5.77. The van der Waals surface area contributed by atoms with Crippen molar-refractivity contribution in [2.75, 3.05) is 0 Å². The summed E-state index contributed by atoms with van der Waals surface area (Å²) in [6, 6.07) is 0. The Morgan fingerprint density at radius 2 is 2.50 bits per heavy atom. The Balaban J connectivity index is 2.17. The summed E-state index contributed by atoms with van der Waals surface area (Å²) in [6.45, 7) is 0. The van der Waals surface area contributed by atoms with Crippen LogP contribution in [0, 0.1) is 0 Å². The molecule has 1 aliphatic rings. The van der Waals surface area contributed by atoms with E-state index in [0.29, 0.717) is 0 Å². The molecule has 0 saturated heterocycles. The van der Waals surface area contributed by atoms with Gasteiger partial charge in [0.1, 0.15) is 0 Å². The van der Waals surface area contributed by atoms with Crippen LogP contribution in [0.5, 0.6) is 0 Å². The predicted octanol–water partition coefficient (Wildman–Crippen LogP) is 0.309. The van der Waals surface area contributed by atoms with Gasteiger partial charge in [0.25, 0.3) is 0 Å². The molecule has 0 saturated carbocycles. The van der Waals surface area contributed by atoms with Crippen LogP contribution < -0.4 is 0 Å². The van der Waals surface area contributed by atoms with Crippen molar-refractivity contribution in [3.05, 3.63) is 11.4 Å². The van der Waals surface area contributed by atoms with E-state index in [-0.39, 0.29) is 12.3 Å². The van der Waals surface area contributed by atoms with Crippen LogP contribution in [0.4, 0.5) is 0 Å². The third kappa shape index (κ3) is 1.07. The van der Waals surface area contributed by atoms with E-state index in [1.807, 2.05) is 0 Å². The van der Waals surface area contributed by atoms with E-state index in [1.165, 1.54) is 0 Å². The fourth-order valence-corrected chi connectivity index (χ4v) is 1.63. The summed E-state index contributed by atoms with van der Waals surface area (Å²) >= 11 is 0. The average molecular weight is 167 g/mol. The lowest BCUT2D eigenvalue weighted by molar-refractivity contribution is -0.137. The molecule has 2 N–H and O–H groups in total. The lowest BCUT2D eigenvalue weighted by Crippen LogP contribution is -2.03. The molecule has 1 aromatic heterocycles. The number of aryl methyl sites for hydroxylation is 1. The monoisotopic (exact) mass is 167 g/mol. The SMILES string of the molecule is O=C(O)CC1CCc2n[nH]nc21. The lowest BCUT2D eigenvalue weighted by Gasteiger charge is -2.02. The normalized spacial score (nSPS) is 20.8. The molecule has 2 rings (SSSR count). The Hall–Kier alpha value is -1.39. The van der Waals surface area contributed by atoms with Gasteiger partial charge < -0.3 is 5.11 Å². The third-order valence-electron chi connectivity index (χ3n) is 2.19. The Labute approximate surface area is 68.8 Å². The van der Waals surface area contributed by atoms with Gasteiger partial charge in [-0.05, 0) is 12.8 Å². The molecule has 0 amide bonds. The van der Waals surface area contributed by atoms with E-state index >= 15 is 0 Å². The predicted molar refractivity (Wildman–Crippen MR) is 39.7 cm³/mol. The van der Waals surface area contributed by atoms with Gasteiger partial charge >= 0.3 is 5.97 Å². The molecular weight excluding hydrogens is 158 g/mol. The van der Waals surface area contributed by atoms with Gasteiger partial charge in [-0.3, -0.25) is 4.79 Å². The number of carboxylic acid groups (broad SMARTS) is 1. The average Bonchev–Trinajstić information content (AvgIpc) is 2.52. The van der Waals surface area contributed by atoms with Crippen LogP contribution >= 0.6 is 0 Å². The summed E-state index contributed by atoms with van der Waals surface area (Å²) in [4.78, 5) is 10.4. The first-order valence-electron chi connectivity index (χ1n) is 3.88. The van der Waals surface area contributed by atoms with Gasteiger partial charge in [0.05, 0.1) is 17.8 Å². The van der Waals surface area contributed by atoms with Crippen LogP contribution in [0.15, 0.2) is 0 Å². The van der Waals surface area contributed by atoms with Crippen molar-refractivity contribution in [2.24, 2.45) is 0 Å². The van der Waals surface area contributed by atoms with Gasteiger partial charge in [-0.25, -0.2) is 0 Å². The fourth-order valence-electron chi connectivity index (χ4n) is 1.63. The van der Waals surface area contributed by atoms with E-state index in [1.54, 1.807) is 0 Å². The van der Waals surface area contributed by atoms with Crippen molar-refractivity contribution in [1.29, 1.82) is 0 Å².